The molecule has 1 saturated heterocycles. The van der Waals surface area contributed by atoms with Crippen LogP contribution < -0.4 is 4.74 Å². The third-order valence-electron chi connectivity index (χ3n) is 5.64. The molecule has 0 saturated carbocycles. The van der Waals surface area contributed by atoms with E-state index < -0.39 is 5.72 Å². The number of amides is 1. The topological polar surface area (TPSA) is 68.9 Å². The van der Waals surface area contributed by atoms with Gasteiger partial charge in [0.1, 0.15) is 11.6 Å². The van der Waals surface area contributed by atoms with Gasteiger partial charge in [0, 0.05) is 30.7 Å². The lowest BCUT2D eigenvalue weighted by Gasteiger charge is -2.28. The molecule has 2 aliphatic heterocycles. The molecule has 1 aromatic heterocycles. The molecular formula is C24H21FN4O3. The van der Waals surface area contributed by atoms with Crippen molar-refractivity contribution in [2.75, 3.05) is 7.11 Å². The Bertz CT molecular complexity index is 1250. The van der Waals surface area contributed by atoms with E-state index in [-0.39, 0.29) is 11.7 Å². The van der Waals surface area contributed by atoms with Gasteiger partial charge >= 0.3 is 0 Å². The molecule has 5 rings (SSSR count). The van der Waals surface area contributed by atoms with Gasteiger partial charge < -0.3 is 14.0 Å². The Morgan fingerprint density at radius 2 is 2.00 bits per heavy atom. The maximum absolute atomic E-state index is 13.4. The van der Waals surface area contributed by atoms with E-state index in [0.29, 0.717) is 30.1 Å². The van der Waals surface area contributed by atoms with Crippen molar-refractivity contribution in [3.63, 3.8) is 0 Å². The summed E-state index contributed by atoms with van der Waals surface area (Å²) in [5.41, 5.74) is 2.34. The molecule has 3 aromatic rings. The number of hydrazone groups is 1. The second kappa shape index (κ2) is 7.64. The first-order valence-corrected chi connectivity index (χ1v) is 10.2. The molecule has 2 aliphatic rings. The summed E-state index contributed by atoms with van der Waals surface area (Å²) in [6.07, 6.45) is 7.99. The zero-order valence-corrected chi connectivity index (χ0v) is 17.7. The summed E-state index contributed by atoms with van der Waals surface area (Å²) in [4.78, 5) is 16.7. The third-order valence-corrected chi connectivity index (χ3v) is 5.64. The number of benzene rings is 2. The van der Waals surface area contributed by atoms with Crippen LogP contribution >= 0.6 is 0 Å². The van der Waals surface area contributed by atoms with Crippen molar-refractivity contribution < 1.29 is 18.7 Å². The number of aryl methyl sites for hydroxylation is 1. The van der Waals surface area contributed by atoms with E-state index in [9.17, 15) is 9.18 Å². The van der Waals surface area contributed by atoms with Crippen LogP contribution in [0.25, 0.3) is 11.8 Å². The first-order chi connectivity index (χ1) is 15.5. The van der Waals surface area contributed by atoms with Gasteiger partial charge in [0.15, 0.2) is 0 Å². The van der Waals surface area contributed by atoms with E-state index in [4.69, 9.17) is 9.47 Å². The summed E-state index contributed by atoms with van der Waals surface area (Å²) >= 11 is 0. The Balaban J connectivity index is 1.41. The molecule has 162 valence electrons. The van der Waals surface area contributed by atoms with Crippen molar-refractivity contribution in [3.05, 3.63) is 83.7 Å². The minimum absolute atomic E-state index is 0.126. The van der Waals surface area contributed by atoms with Crippen LogP contribution in [0.4, 0.5) is 4.39 Å². The van der Waals surface area contributed by atoms with Crippen molar-refractivity contribution in [3.8, 4) is 11.4 Å². The molecule has 1 fully saturated rings. The highest BCUT2D eigenvalue weighted by Gasteiger charge is 2.53. The van der Waals surface area contributed by atoms with Crippen LogP contribution in [0, 0.1) is 12.7 Å². The normalized spacial score (nSPS) is 19.9. The zero-order chi connectivity index (χ0) is 22.3. The number of aromatic nitrogens is 2. The van der Waals surface area contributed by atoms with Crippen LogP contribution in [0.3, 0.4) is 0 Å². The number of hydrogen-bond donors (Lipinski definition) is 0. The van der Waals surface area contributed by atoms with Gasteiger partial charge in [-0.05, 0) is 42.8 Å². The Labute approximate surface area is 184 Å². The second-order valence-electron chi connectivity index (χ2n) is 7.72. The fourth-order valence-electron chi connectivity index (χ4n) is 4.05. The quantitative estimate of drug-likeness (QED) is 0.607. The molecular weight excluding hydrogens is 411 g/mol. The maximum Gasteiger partial charge on any atom is 0.246 e. The number of methoxy groups -OCH3 is 1. The molecule has 0 N–H and O–H groups in total. The van der Waals surface area contributed by atoms with E-state index in [1.54, 1.807) is 31.6 Å². The number of carbonyl (C=O) groups excluding carboxylic acids is 1. The molecule has 1 atom stereocenters. The van der Waals surface area contributed by atoms with Gasteiger partial charge in [-0.15, -0.1) is 5.10 Å². The maximum atomic E-state index is 13.4. The average Bonchev–Trinajstić information content (AvgIpc) is 3.48. The molecule has 3 heterocycles. The zero-order valence-electron chi connectivity index (χ0n) is 17.7. The molecule has 0 aliphatic carbocycles. The number of imidazole rings is 1. The molecule has 1 amide bonds. The minimum atomic E-state index is -1.02. The number of rotatable bonds is 5. The second-order valence-corrected chi connectivity index (χ2v) is 7.72. The molecule has 0 radical (unpaired) electrons. The number of nitrogens with zero attached hydrogens (tertiary/aromatic N) is 4. The van der Waals surface area contributed by atoms with Crippen LogP contribution in [-0.4, -0.2) is 33.5 Å². The summed E-state index contributed by atoms with van der Waals surface area (Å²) in [6, 6.07) is 11.8. The van der Waals surface area contributed by atoms with Crippen LogP contribution in [0.15, 0.2) is 66.2 Å². The first kappa shape index (κ1) is 20.0. The summed E-state index contributed by atoms with van der Waals surface area (Å²) in [7, 11) is 1.62. The lowest BCUT2D eigenvalue weighted by molar-refractivity contribution is -0.138. The van der Waals surface area contributed by atoms with Crippen molar-refractivity contribution in [2.45, 2.75) is 25.5 Å². The van der Waals surface area contributed by atoms with E-state index >= 15 is 0 Å². The highest BCUT2D eigenvalue weighted by Crippen LogP contribution is 2.44. The molecule has 32 heavy (non-hydrogen) atoms. The minimum Gasteiger partial charge on any atom is -0.495 e. The number of ether oxygens (including phenoxy) is 2. The van der Waals surface area contributed by atoms with Crippen LogP contribution in [0.1, 0.15) is 29.7 Å². The van der Waals surface area contributed by atoms with E-state index in [1.165, 1.54) is 17.1 Å². The lowest BCUT2D eigenvalue weighted by Crippen LogP contribution is -2.37. The number of fused-ring (bicyclic) bond motifs is 1. The van der Waals surface area contributed by atoms with Gasteiger partial charge in [-0.2, -0.15) is 5.01 Å². The van der Waals surface area contributed by atoms with E-state index in [2.05, 4.69) is 10.1 Å². The summed E-state index contributed by atoms with van der Waals surface area (Å²) in [5.74, 6) is 0.538. The molecule has 0 bridgehead atoms. The van der Waals surface area contributed by atoms with Crippen molar-refractivity contribution in [2.24, 2.45) is 5.10 Å². The summed E-state index contributed by atoms with van der Waals surface area (Å²) in [5, 5.41) is 5.75. The third kappa shape index (κ3) is 3.33. The standard InChI is InChI=1S/C24H21FN4O3/c1-16-14-28(15-26-16)20-9-3-17(13-21(20)31-2)4-10-22-27-29-23(30)11-12-24(29,32-22)18-5-7-19(25)8-6-18/h3-10,13-15H,11-12H2,1-2H3/b10-4+. The van der Waals surface area contributed by atoms with Crippen LogP contribution in [-0.2, 0) is 15.3 Å². The summed E-state index contributed by atoms with van der Waals surface area (Å²) in [6.45, 7) is 1.93. The van der Waals surface area contributed by atoms with Crippen LogP contribution in [0.5, 0.6) is 5.75 Å². The fourth-order valence-corrected chi connectivity index (χ4v) is 4.05. The predicted octanol–water partition coefficient (Wildman–Crippen LogP) is 4.16. The lowest BCUT2D eigenvalue weighted by atomic mass is 10.0. The highest BCUT2D eigenvalue weighted by atomic mass is 19.1. The van der Waals surface area contributed by atoms with Gasteiger partial charge in [-0.25, -0.2) is 9.37 Å². The molecule has 2 aromatic carbocycles. The Morgan fingerprint density at radius 1 is 1.19 bits per heavy atom. The predicted molar refractivity (Wildman–Crippen MR) is 117 cm³/mol. The molecule has 8 heteroatoms. The van der Waals surface area contributed by atoms with Gasteiger partial charge in [-0.1, -0.05) is 18.2 Å². The first-order valence-electron chi connectivity index (χ1n) is 10.2. The average molecular weight is 432 g/mol. The molecule has 7 nitrogen and oxygen atoms in total. The van der Waals surface area contributed by atoms with Crippen molar-refractivity contribution in [1.82, 2.24) is 14.6 Å². The van der Waals surface area contributed by atoms with Crippen molar-refractivity contribution in [1.29, 1.82) is 0 Å². The highest BCUT2D eigenvalue weighted by molar-refractivity contribution is 5.95. The summed E-state index contributed by atoms with van der Waals surface area (Å²) < 4.78 is 27.0. The fraction of sp³-hybridized carbons (Fsp3) is 0.208. The van der Waals surface area contributed by atoms with Gasteiger partial charge in [0.05, 0.1) is 24.8 Å². The van der Waals surface area contributed by atoms with Crippen molar-refractivity contribution >= 4 is 17.9 Å². The largest absolute Gasteiger partial charge is 0.495 e. The Hall–Kier alpha value is -3.94. The van der Waals surface area contributed by atoms with Gasteiger partial charge in [0.2, 0.25) is 17.5 Å². The monoisotopic (exact) mass is 432 g/mol. The van der Waals surface area contributed by atoms with E-state index in [1.807, 2.05) is 42.0 Å². The molecule has 1 unspecified atom stereocenters. The number of hydrogen-bond acceptors (Lipinski definition) is 5. The van der Waals surface area contributed by atoms with Gasteiger partial charge in [-0.3, -0.25) is 4.79 Å². The Kier molecular flexibility index (Phi) is 4.77. The number of halogens is 1. The SMILES string of the molecule is COc1cc(/C=C/C2=NN3C(=O)CCC3(c3ccc(F)cc3)O2)ccc1-n1cnc(C)c1. The van der Waals surface area contributed by atoms with Gasteiger partial charge in [0.25, 0.3) is 0 Å². The molecule has 0 spiro atoms. The number of carbonyl (C=O) groups is 1. The Morgan fingerprint density at radius 3 is 2.72 bits per heavy atom. The van der Waals surface area contributed by atoms with Crippen LogP contribution in [0.2, 0.25) is 0 Å². The smallest absolute Gasteiger partial charge is 0.246 e. The van der Waals surface area contributed by atoms with E-state index in [0.717, 1.165) is 16.9 Å².